The summed E-state index contributed by atoms with van der Waals surface area (Å²) in [6.45, 7) is 4.96. The van der Waals surface area contributed by atoms with Crippen LogP contribution in [0.15, 0.2) is 12.2 Å². The molecule has 0 rings (SSSR count). The predicted molar refractivity (Wildman–Crippen MR) is 347 cm³/mol. The molecule has 3 N–H and O–H groups in total. The molecule has 0 aromatic heterocycles. The summed E-state index contributed by atoms with van der Waals surface area (Å²) in [6, 6.07) is -0.627. The number of aliphatic hydroxyl groups is 2. The minimum Gasteiger partial charge on any atom is -0.466 e. The van der Waals surface area contributed by atoms with Crippen LogP contribution in [-0.4, -0.2) is 47.4 Å². The number of hydrogen-bond acceptors (Lipinski definition) is 5. The van der Waals surface area contributed by atoms with Crippen LogP contribution >= 0.6 is 0 Å². The van der Waals surface area contributed by atoms with Gasteiger partial charge in [-0.1, -0.05) is 386 Å². The van der Waals surface area contributed by atoms with Crippen LogP contribution in [0.2, 0.25) is 0 Å². The van der Waals surface area contributed by atoms with Crippen molar-refractivity contribution in [3.05, 3.63) is 12.2 Å². The third kappa shape index (κ3) is 65.6. The van der Waals surface area contributed by atoms with Gasteiger partial charge in [-0.2, -0.15) is 0 Å². The Hall–Kier alpha value is -1.40. The summed E-state index contributed by atoms with van der Waals surface area (Å²) in [5, 5.41) is 23.2. The molecule has 0 aliphatic carbocycles. The molecule has 0 aliphatic rings. The normalized spacial score (nSPS) is 12.5. The molecule has 0 saturated heterocycles. The zero-order valence-electron chi connectivity index (χ0n) is 53.9. The minimum atomic E-state index is -0.844. The molecule has 0 aliphatic heterocycles. The van der Waals surface area contributed by atoms with E-state index in [1.807, 2.05) is 6.08 Å². The second-order valence-corrected chi connectivity index (χ2v) is 25.3. The van der Waals surface area contributed by atoms with Gasteiger partial charge in [-0.25, -0.2) is 0 Å². The van der Waals surface area contributed by atoms with Gasteiger partial charge in [0.25, 0.3) is 0 Å². The van der Waals surface area contributed by atoms with Crippen LogP contribution in [0.4, 0.5) is 0 Å². The van der Waals surface area contributed by atoms with Crippen LogP contribution < -0.4 is 5.32 Å². The first-order chi connectivity index (χ1) is 39.0. The van der Waals surface area contributed by atoms with Gasteiger partial charge >= 0.3 is 5.97 Å². The SMILES string of the molecule is CCCCCCCCCCCCCCCCCCCC/C=C/C(O)C(CO)NC(=O)CCCCCCCCCCCCCCCCCCCCCCCCCCOC(=O)CCCCCCCCCCCCCCCCCCCC. The van der Waals surface area contributed by atoms with Crippen molar-refractivity contribution in [2.45, 2.75) is 431 Å². The molecule has 2 atom stereocenters. The molecule has 6 nitrogen and oxygen atoms in total. The second kappa shape index (κ2) is 69.1. The lowest BCUT2D eigenvalue weighted by molar-refractivity contribution is -0.143. The Morgan fingerprint density at radius 2 is 0.582 bits per heavy atom. The van der Waals surface area contributed by atoms with E-state index >= 15 is 0 Å². The first kappa shape index (κ1) is 77.6. The highest BCUT2D eigenvalue weighted by molar-refractivity contribution is 5.76. The van der Waals surface area contributed by atoms with Gasteiger partial charge in [0.05, 0.1) is 25.4 Å². The van der Waals surface area contributed by atoms with Crippen LogP contribution in [0, 0.1) is 0 Å². The van der Waals surface area contributed by atoms with E-state index in [2.05, 4.69) is 19.2 Å². The Labute approximate surface area is 495 Å². The zero-order chi connectivity index (χ0) is 57.1. The van der Waals surface area contributed by atoms with Gasteiger partial charge in [-0.15, -0.1) is 0 Å². The Kier molecular flexibility index (Phi) is 67.9. The predicted octanol–water partition coefficient (Wildman–Crippen LogP) is 23.5. The van der Waals surface area contributed by atoms with Crippen LogP contribution in [0.5, 0.6) is 0 Å². The molecule has 0 bridgehead atoms. The molecule has 0 heterocycles. The lowest BCUT2D eigenvalue weighted by Gasteiger charge is -2.20. The lowest BCUT2D eigenvalue weighted by Crippen LogP contribution is -2.45. The summed E-state index contributed by atoms with van der Waals surface area (Å²) in [5.74, 6) is -0.0416. The topological polar surface area (TPSA) is 95.9 Å². The van der Waals surface area contributed by atoms with Crippen LogP contribution in [-0.2, 0) is 14.3 Å². The number of hydrogen-bond donors (Lipinski definition) is 3. The van der Waals surface area contributed by atoms with Crippen molar-refractivity contribution in [2.75, 3.05) is 13.2 Å². The summed E-state index contributed by atoms with van der Waals surface area (Å²) in [5.41, 5.74) is 0. The Morgan fingerprint density at radius 3 is 0.861 bits per heavy atom. The minimum absolute atomic E-state index is 0.0206. The van der Waals surface area contributed by atoms with Gasteiger partial charge in [0.1, 0.15) is 0 Å². The summed E-state index contributed by atoms with van der Waals surface area (Å²) in [6.07, 6.45) is 85.8. The number of nitrogens with one attached hydrogen (secondary N) is 1. The number of unbranched alkanes of at least 4 members (excludes halogenated alkanes) is 58. The van der Waals surface area contributed by atoms with Crippen LogP contribution in [0.1, 0.15) is 418 Å². The molecule has 2 unspecified atom stereocenters. The first-order valence-corrected chi connectivity index (χ1v) is 36.5. The van der Waals surface area contributed by atoms with Crippen molar-refractivity contribution >= 4 is 11.9 Å². The van der Waals surface area contributed by atoms with Gasteiger partial charge in [0, 0.05) is 12.8 Å². The quantitative estimate of drug-likeness (QED) is 0.0320. The van der Waals surface area contributed by atoms with Crippen molar-refractivity contribution in [1.82, 2.24) is 5.32 Å². The Balaban J connectivity index is 3.37. The molecule has 0 spiro atoms. The molecule has 0 aromatic carbocycles. The van der Waals surface area contributed by atoms with Crippen LogP contribution in [0.25, 0.3) is 0 Å². The average Bonchev–Trinajstić information content (AvgIpc) is 3.45. The van der Waals surface area contributed by atoms with Gasteiger partial charge < -0.3 is 20.3 Å². The number of amides is 1. The maximum Gasteiger partial charge on any atom is 0.305 e. The highest BCUT2D eigenvalue weighted by Crippen LogP contribution is 2.19. The van der Waals surface area contributed by atoms with Gasteiger partial charge in [-0.3, -0.25) is 9.59 Å². The summed E-state index contributed by atoms with van der Waals surface area (Å²) >= 11 is 0. The number of carbonyl (C=O) groups excluding carboxylic acids is 2. The molecule has 1 amide bonds. The fourth-order valence-electron chi connectivity index (χ4n) is 11.8. The third-order valence-corrected chi connectivity index (χ3v) is 17.3. The van der Waals surface area contributed by atoms with Crippen molar-refractivity contribution in [2.24, 2.45) is 0 Å². The van der Waals surface area contributed by atoms with Crippen molar-refractivity contribution in [3.8, 4) is 0 Å². The molecule has 0 fully saturated rings. The highest BCUT2D eigenvalue weighted by Gasteiger charge is 2.18. The molecule has 0 saturated carbocycles. The summed E-state index contributed by atoms with van der Waals surface area (Å²) in [4.78, 5) is 24.6. The van der Waals surface area contributed by atoms with Gasteiger partial charge in [0.2, 0.25) is 5.91 Å². The van der Waals surface area contributed by atoms with E-state index in [-0.39, 0.29) is 18.5 Å². The molecule has 0 aromatic rings. The van der Waals surface area contributed by atoms with E-state index in [0.717, 1.165) is 38.5 Å². The molecule has 79 heavy (non-hydrogen) atoms. The fourth-order valence-corrected chi connectivity index (χ4v) is 11.8. The standard InChI is InChI=1S/C73H143NO5/c1-3-5-7-9-11-13-15-17-19-21-23-30-33-37-41-45-49-53-57-61-65-71(76)70(69-75)74-72(77)66-62-58-54-50-46-42-38-34-31-28-26-24-25-27-29-32-36-40-44-48-52-56-60-64-68-79-73(78)67-63-59-55-51-47-43-39-35-22-20-18-16-14-12-10-8-6-4-2/h61,65,70-71,75-76H,3-60,62-64,66-69H2,1-2H3,(H,74,77)/b65-61+. The summed E-state index contributed by atoms with van der Waals surface area (Å²) in [7, 11) is 0. The largest absolute Gasteiger partial charge is 0.466 e. The van der Waals surface area contributed by atoms with Crippen LogP contribution in [0.3, 0.4) is 0 Å². The number of carbonyl (C=O) groups is 2. The maximum atomic E-state index is 12.5. The Morgan fingerprint density at radius 1 is 0.342 bits per heavy atom. The van der Waals surface area contributed by atoms with E-state index < -0.39 is 12.1 Å². The van der Waals surface area contributed by atoms with E-state index in [1.54, 1.807) is 6.08 Å². The third-order valence-electron chi connectivity index (χ3n) is 17.3. The smallest absolute Gasteiger partial charge is 0.305 e. The highest BCUT2D eigenvalue weighted by atomic mass is 16.5. The monoisotopic (exact) mass is 1110 g/mol. The van der Waals surface area contributed by atoms with Gasteiger partial charge in [0.15, 0.2) is 0 Å². The van der Waals surface area contributed by atoms with E-state index in [9.17, 15) is 19.8 Å². The Bertz CT molecular complexity index is 1190. The molecule has 0 radical (unpaired) electrons. The van der Waals surface area contributed by atoms with E-state index in [4.69, 9.17) is 4.74 Å². The first-order valence-electron chi connectivity index (χ1n) is 36.5. The number of aliphatic hydroxyl groups excluding tert-OH is 2. The molecule has 470 valence electrons. The summed E-state index contributed by atoms with van der Waals surface area (Å²) < 4.78 is 5.51. The molecular weight excluding hydrogens is 971 g/mol. The van der Waals surface area contributed by atoms with Crippen molar-refractivity contribution in [3.63, 3.8) is 0 Å². The van der Waals surface area contributed by atoms with E-state index in [1.165, 1.54) is 353 Å². The van der Waals surface area contributed by atoms with E-state index in [0.29, 0.717) is 19.4 Å². The average molecular weight is 1110 g/mol. The fraction of sp³-hybridized carbons (Fsp3) is 0.945. The van der Waals surface area contributed by atoms with Crippen molar-refractivity contribution in [1.29, 1.82) is 0 Å². The van der Waals surface area contributed by atoms with Gasteiger partial charge in [-0.05, 0) is 32.1 Å². The number of esters is 1. The molecular formula is C73H143NO5. The number of ether oxygens (including phenoxy) is 1. The number of allylic oxidation sites excluding steroid dienone is 1. The zero-order valence-corrected chi connectivity index (χ0v) is 53.9. The van der Waals surface area contributed by atoms with Crippen molar-refractivity contribution < 1.29 is 24.5 Å². The maximum absolute atomic E-state index is 12.5. The second-order valence-electron chi connectivity index (χ2n) is 25.3. The molecule has 6 heteroatoms. The lowest BCUT2D eigenvalue weighted by atomic mass is 10.0. The number of rotatable bonds is 69.